The molecule has 2 aliphatic carbocycles. The SMILES string of the molecule is Fc1ccc(-c2c(OCC3CC3(F)F)cccc2C2CC2)cc1. The number of ether oxygens (including phenoxy) is 1. The first-order chi connectivity index (χ1) is 11.0. The highest BCUT2D eigenvalue weighted by molar-refractivity contribution is 5.75. The van der Waals surface area contributed by atoms with E-state index in [2.05, 4.69) is 6.07 Å². The molecule has 0 aliphatic heterocycles. The maximum absolute atomic E-state index is 13.2. The second kappa shape index (κ2) is 5.29. The summed E-state index contributed by atoms with van der Waals surface area (Å²) in [5, 5.41) is 0. The van der Waals surface area contributed by atoms with Crippen molar-refractivity contribution in [2.24, 2.45) is 5.92 Å². The van der Waals surface area contributed by atoms with E-state index in [4.69, 9.17) is 4.74 Å². The van der Waals surface area contributed by atoms with Crippen molar-refractivity contribution in [3.63, 3.8) is 0 Å². The Labute approximate surface area is 133 Å². The summed E-state index contributed by atoms with van der Waals surface area (Å²) in [5.74, 6) is -2.46. The first kappa shape index (κ1) is 14.6. The summed E-state index contributed by atoms with van der Waals surface area (Å²) in [5.41, 5.74) is 2.95. The molecule has 1 nitrogen and oxygen atoms in total. The van der Waals surface area contributed by atoms with E-state index >= 15 is 0 Å². The third-order valence-corrected chi connectivity index (χ3v) is 4.60. The first-order valence-electron chi connectivity index (χ1n) is 7.94. The molecule has 0 N–H and O–H groups in total. The van der Waals surface area contributed by atoms with Crippen molar-refractivity contribution in [2.75, 3.05) is 6.61 Å². The van der Waals surface area contributed by atoms with Gasteiger partial charge in [0.2, 0.25) is 0 Å². The number of alkyl halides is 2. The minimum atomic E-state index is -2.58. The molecule has 0 heterocycles. The van der Waals surface area contributed by atoms with E-state index in [-0.39, 0.29) is 18.8 Å². The maximum atomic E-state index is 13.2. The van der Waals surface area contributed by atoms with Gasteiger partial charge in [0.15, 0.2) is 0 Å². The minimum Gasteiger partial charge on any atom is -0.492 e. The molecule has 0 spiro atoms. The lowest BCUT2D eigenvalue weighted by molar-refractivity contribution is 0.0857. The summed E-state index contributed by atoms with van der Waals surface area (Å²) in [6, 6.07) is 12.0. The zero-order chi connectivity index (χ0) is 16.0. The van der Waals surface area contributed by atoms with E-state index in [1.54, 1.807) is 12.1 Å². The molecule has 2 fully saturated rings. The van der Waals surface area contributed by atoms with E-state index in [1.165, 1.54) is 12.1 Å². The fourth-order valence-corrected chi connectivity index (χ4v) is 2.97. The third-order valence-electron chi connectivity index (χ3n) is 4.60. The van der Waals surface area contributed by atoms with Crippen LogP contribution in [-0.4, -0.2) is 12.5 Å². The Morgan fingerprint density at radius 3 is 2.35 bits per heavy atom. The Morgan fingerprint density at radius 1 is 1.04 bits per heavy atom. The Balaban J connectivity index is 1.67. The lowest BCUT2D eigenvalue weighted by Crippen LogP contribution is -2.07. The van der Waals surface area contributed by atoms with Gasteiger partial charge < -0.3 is 4.74 Å². The van der Waals surface area contributed by atoms with Crippen molar-refractivity contribution in [1.29, 1.82) is 0 Å². The second-order valence-corrected chi connectivity index (χ2v) is 6.47. The molecule has 1 unspecified atom stereocenters. The van der Waals surface area contributed by atoms with Gasteiger partial charge in [-0.15, -0.1) is 0 Å². The highest BCUT2D eigenvalue weighted by Gasteiger charge is 2.57. The van der Waals surface area contributed by atoms with E-state index in [9.17, 15) is 13.2 Å². The Hall–Kier alpha value is -1.97. The number of halogens is 3. The minimum absolute atomic E-state index is 0.0231. The van der Waals surface area contributed by atoms with E-state index in [0.717, 1.165) is 29.5 Å². The van der Waals surface area contributed by atoms with Crippen molar-refractivity contribution in [2.45, 2.75) is 31.1 Å². The molecule has 2 aromatic carbocycles. The van der Waals surface area contributed by atoms with Gasteiger partial charge in [0.05, 0.1) is 12.5 Å². The molecule has 0 aromatic heterocycles. The van der Waals surface area contributed by atoms with Gasteiger partial charge in [0.25, 0.3) is 5.92 Å². The Morgan fingerprint density at radius 2 is 1.74 bits per heavy atom. The molecule has 2 aromatic rings. The fraction of sp³-hybridized carbons (Fsp3) is 0.368. The zero-order valence-corrected chi connectivity index (χ0v) is 12.6. The molecule has 4 heteroatoms. The highest BCUT2D eigenvalue weighted by atomic mass is 19.3. The van der Waals surface area contributed by atoms with Crippen LogP contribution in [0.5, 0.6) is 5.75 Å². The molecule has 0 amide bonds. The van der Waals surface area contributed by atoms with Crippen molar-refractivity contribution < 1.29 is 17.9 Å². The largest absolute Gasteiger partial charge is 0.492 e. The topological polar surface area (TPSA) is 9.23 Å². The second-order valence-electron chi connectivity index (χ2n) is 6.47. The molecule has 2 aliphatic rings. The molecular formula is C19H17F3O. The lowest BCUT2D eigenvalue weighted by Gasteiger charge is -2.16. The van der Waals surface area contributed by atoms with Crippen LogP contribution < -0.4 is 4.74 Å². The smallest absolute Gasteiger partial charge is 0.255 e. The van der Waals surface area contributed by atoms with Gasteiger partial charge in [-0.2, -0.15) is 0 Å². The summed E-state index contributed by atoms with van der Waals surface area (Å²) in [6.07, 6.45) is 2.15. The van der Waals surface area contributed by atoms with Gasteiger partial charge in [-0.1, -0.05) is 24.3 Å². The van der Waals surface area contributed by atoms with Crippen LogP contribution in [0, 0.1) is 11.7 Å². The predicted molar refractivity (Wildman–Crippen MR) is 82.4 cm³/mol. The van der Waals surface area contributed by atoms with Gasteiger partial charge in [-0.25, -0.2) is 13.2 Å². The standard InChI is InChI=1S/C19H17F3O/c20-15-8-6-13(7-9-15)18-16(12-4-5-12)2-1-3-17(18)23-11-14-10-19(14,21)22/h1-3,6-9,12,14H,4-5,10-11H2. The van der Waals surface area contributed by atoms with Crippen LogP contribution in [0.15, 0.2) is 42.5 Å². The predicted octanol–water partition coefficient (Wildman–Crippen LogP) is 5.40. The van der Waals surface area contributed by atoms with Crippen LogP contribution in [0.25, 0.3) is 11.1 Å². The molecular weight excluding hydrogens is 301 g/mol. The monoisotopic (exact) mass is 318 g/mol. The number of hydrogen-bond donors (Lipinski definition) is 0. The van der Waals surface area contributed by atoms with E-state index in [0.29, 0.717) is 11.7 Å². The van der Waals surface area contributed by atoms with Gasteiger partial charge >= 0.3 is 0 Å². The number of benzene rings is 2. The molecule has 0 bridgehead atoms. The van der Waals surface area contributed by atoms with E-state index < -0.39 is 11.8 Å². The van der Waals surface area contributed by atoms with Crippen molar-refractivity contribution in [1.82, 2.24) is 0 Å². The molecule has 2 saturated carbocycles. The first-order valence-corrected chi connectivity index (χ1v) is 7.94. The number of hydrogen-bond acceptors (Lipinski definition) is 1. The van der Waals surface area contributed by atoms with E-state index in [1.807, 2.05) is 12.1 Å². The van der Waals surface area contributed by atoms with Crippen LogP contribution >= 0.6 is 0 Å². The van der Waals surface area contributed by atoms with Crippen molar-refractivity contribution in [3.8, 4) is 16.9 Å². The Kier molecular flexibility index (Phi) is 3.36. The van der Waals surface area contributed by atoms with Crippen LogP contribution in [-0.2, 0) is 0 Å². The summed E-state index contributed by atoms with van der Waals surface area (Å²) < 4.78 is 45.1. The molecule has 1 atom stereocenters. The molecule has 23 heavy (non-hydrogen) atoms. The summed E-state index contributed by atoms with van der Waals surface area (Å²) in [6.45, 7) is 0.0231. The highest BCUT2D eigenvalue weighted by Crippen LogP contribution is 2.50. The third kappa shape index (κ3) is 2.94. The van der Waals surface area contributed by atoms with Crippen LogP contribution in [0.3, 0.4) is 0 Å². The van der Waals surface area contributed by atoms with Crippen LogP contribution in [0.4, 0.5) is 13.2 Å². The van der Waals surface area contributed by atoms with Crippen molar-refractivity contribution >= 4 is 0 Å². The summed E-state index contributed by atoms with van der Waals surface area (Å²) in [4.78, 5) is 0. The lowest BCUT2D eigenvalue weighted by atomic mass is 9.95. The zero-order valence-electron chi connectivity index (χ0n) is 12.6. The Bertz CT molecular complexity index is 720. The quantitative estimate of drug-likeness (QED) is 0.717. The average molecular weight is 318 g/mol. The van der Waals surface area contributed by atoms with Gasteiger partial charge in [0, 0.05) is 12.0 Å². The molecule has 120 valence electrons. The van der Waals surface area contributed by atoms with Crippen LogP contribution in [0.1, 0.15) is 30.7 Å². The van der Waals surface area contributed by atoms with Gasteiger partial charge in [-0.3, -0.25) is 0 Å². The molecule has 4 rings (SSSR count). The average Bonchev–Trinajstić information content (AvgIpc) is 3.43. The number of rotatable bonds is 5. The molecule has 0 saturated heterocycles. The maximum Gasteiger partial charge on any atom is 0.255 e. The van der Waals surface area contributed by atoms with Crippen molar-refractivity contribution in [3.05, 3.63) is 53.8 Å². The van der Waals surface area contributed by atoms with Crippen LogP contribution in [0.2, 0.25) is 0 Å². The van der Waals surface area contributed by atoms with Gasteiger partial charge in [-0.05, 0) is 48.1 Å². The normalized spacial score (nSPS) is 22.0. The fourth-order valence-electron chi connectivity index (χ4n) is 2.97. The summed E-state index contributed by atoms with van der Waals surface area (Å²) in [7, 11) is 0. The van der Waals surface area contributed by atoms with Gasteiger partial charge in [0.1, 0.15) is 11.6 Å². The molecule has 0 radical (unpaired) electrons. The summed E-state index contributed by atoms with van der Waals surface area (Å²) >= 11 is 0.